The fraction of sp³-hybridized carbons (Fsp3) is 0. The van der Waals surface area contributed by atoms with Gasteiger partial charge in [0.25, 0.3) is 0 Å². The molecular weight excluding hydrogens is 255 g/mol. The van der Waals surface area contributed by atoms with Crippen molar-refractivity contribution in [1.82, 2.24) is 0 Å². The molecule has 0 aliphatic rings. The molecule has 2 aromatic carbocycles. The molecule has 0 fully saturated rings. The fourth-order valence-corrected chi connectivity index (χ4v) is 3.02. The highest BCUT2D eigenvalue weighted by Gasteiger charge is 2.13. The summed E-state index contributed by atoms with van der Waals surface area (Å²) >= 11 is 7.13. The standard InChI is InChI=1S/C14H8ClFS/c15-10-6-7-12-11(8-10)13(14(16)17-12)9-4-2-1-3-5-9/h1-8H. The van der Waals surface area contributed by atoms with E-state index in [9.17, 15) is 4.39 Å². The van der Waals surface area contributed by atoms with Gasteiger partial charge in [-0.05, 0) is 23.8 Å². The zero-order chi connectivity index (χ0) is 11.8. The smallest absolute Gasteiger partial charge is 0.185 e. The number of fused-ring (bicyclic) bond motifs is 1. The molecule has 1 heterocycles. The quantitative estimate of drug-likeness (QED) is 0.554. The van der Waals surface area contributed by atoms with Gasteiger partial charge in [0.1, 0.15) is 0 Å². The normalized spacial score (nSPS) is 10.9. The number of hydrogen-bond donors (Lipinski definition) is 0. The fourth-order valence-electron chi connectivity index (χ4n) is 1.91. The molecule has 3 rings (SSSR count). The summed E-state index contributed by atoms with van der Waals surface area (Å²) in [5.41, 5.74) is 1.53. The third-order valence-corrected chi connectivity index (χ3v) is 3.86. The Kier molecular flexibility index (Phi) is 2.61. The summed E-state index contributed by atoms with van der Waals surface area (Å²) in [6.45, 7) is 0. The van der Waals surface area contributed by atoms with E-state index in [0.29, 0.717) is 10.6 Å². The van der Waals surface area contributed by atoms with E-state index < -0.39 is 0 Å². The van der Waals surface area contributed by atoms with Crippen LogP contribution in [0.3, 0.4) is 0 Å². The topological polar surface area (TPSA) is 0 Å². The van der Waals surface area contributed by atoms with Crippen molar-refractivity contribution in [2.75, 3.05) is 0 Å². The Morgan fingerprint density at radius 2 is 1.76 bits per heavy atom. The average molecular weight is 263 g/mol. The zero-order valence-corrected chi connectivity index (χ0v) is 10.4. The Morgan fingerprint density at radius 3 is 2.53 bits per heavy atom. The molecule has 0 nitrogen and oxygen atoms in total. The summed E-state index contributed by atoms with van der Waals surface area (Å²) in [5, 5.41) is 1.35. The van der Waals surface area contributed by atoms with Gasteiger partial charge in [-0.25, -0.2) is 0 Å². The van der Waals surface area contributed by atoms with Crippen molar-refractivity contribution in [3.63, 3.8) is 0 Å². The molecule has 0 N–H and O–H groups in total. The van der Waals surface area contributed by atoms with Crippen molar-refractivity contribution in [2.24, 2.45) is 0 Å². The lowest BCUT2D eigenvalue weighted by atomic mass is 10.0. The average Bonchev–Trinajstić information content (AvgIpc) is 2.65. The first-order valence-electron chi connectivity index (χ1n) is 5.18. The van der Waals surface area contributed by atoms with Gasteiger partial charge in [-0.2, -0.15) is 4.39 Å². The molecule has 0 saturated carbocycles. The van der Waals surface area contributed by atoms with Gasteiger partial charge < -0.3 is 0 Å². The van der Waals surface area contributed by atoms with Crippen LogP contribution in [-0.4, -0.2) is 0 Å². The van der Waals surface area contributed by atoms with Gasteiger partial charge in [0.2, 0.25) is 0 Å². The number of halogens is 2. The molecule has 0 aliphatic heterocycles. The van der Waals surface area contributed by atoms with E-state index in [0.717, 1.165) is 27.0 Å². The SMILES string of the molecule is Fc1sc2ccc(Cl)cc2c1-c1ccccc1. The van der Waals surface area contributed by atoms with Crippen LogP contribution in [0.25, 0.3) is 21.2 Å². The molecule has 0 unspecified atom stereocenters. The third kappa shape index (κ3) is 1.84. The molecule has 0 aliphatic carbocycles. The summed E-state index contributed by atoms with van der Waals surface area (Å²) in [7, 11) is 0. The second-order valence-corrected chi connectivity index (χ2v) is 5.20. The Balaban J connectivity index is 2.35. The minimum atomic E-state index is -0.159. The van der Waals surface area contributed by atoms with E-state index in [1.54, 1.807) is 6.07 Å². The van der Waals surface area contributed by atoms with Crippen LogP contribution in [0.1, 0.15) is 0 Å². The maximum Gasteiger partial charge on any atom is 0.185 e. The van der Waals surface area contributed by atoms with E-state index in [1.165, 1.54) is 0 Å². The van der Waals surface area contributed by atoms with Crippen molar-refractivity contribution < 1.29 is 4.39 Å². The van der Waals surface area contributed by atoms with Crippen molar-refractivity contribution in [1.29, 1.82) is 0 Å². The van der Waals surface area contributed by atoms with Crippen LogP contribution < -0.4 is 0 Å². The van der Waals surface area contributed by atoms with Gasteiger partial charge in [-0.15, -0.1) is 11.3 Å². The van der Waals surface area contributed by atoms with Gasteiger partial charge >= 0.3 is 0 Å². The first kappa shape index (κ1) is 10.8. The highest BCUT2D eigenvalue weighted by molar-refractivity contribution is 7.18. The van der Waals surface area contributed by atoms with Crippen molar-refractivity contribution >= 4 is 33.0 Å². The first-order valence-corrected chi connectivity index (χ1v) is 6.38. The largest absolute Gasteiger partial charge is 0.194 e. The van der Waals surface area contributed by atoms with Crippen LogP contribution in [-0.2, 0) is 0 Å². The van der Waals surface area contributed by atoms with Gasteiger partial charge in [0, 0.05) is 20.7 Å². The van der Waals surface area contributed by atoms with Crippen LogP contribution in [0.5, 0.6) is 0 Å². The van der Waals surface area contributed by atoms with Crippen LogP contribution >= 0.6 is 22.9 Å². The molecule has 0 spiro atoms. The van der Waals surface area contributed by atoms with Crippen molar-refractivity contribution in [2.45, 2.75) is 0 Å². The van der Waals surface area contributed by atoms with Crippen LogP contribution in [0.15, 0.2) is 48.5 Å². The predicted molar refractivity (Wildman–Crippen MR) is 72.2 cm³/mol. The van der Waals surface area contributed by atoms with Crippen molar-refractivity contribution in [3.8, 4) is 11.1 Å². The second kappa shape index (κ2) is 4.13. The Bertz CT molecular complexity index is 673. The molecule has 0 amide bonds. The second-order valence-electron chi connectivity index (χ2n) is 3.76. The van der Waals surface area contributed by atoms with Gasteiger partial charge in [0.15, 0.2) is 5.13 Å². The predicted octanol–water partition coefficient (Wildman–Crippen LogP) is 5.36. The van der Waals surface area contributed by atoms with Gasteiger partial charge in [-0.1, -0.05) is 41.9 Å². The lowest BCUT2D eigenvalue weighted by Gasteiger charge is -2.00. The summed E-state index contributed by atoms with van der Waals surface area (Å²) < 4.78 is 14.9. The molecule has 0 radical (unpaired) electrons. The first-order chi connectivity index (χ1) is 8.25. The van der Waals surface area contributed by atoms with E-state index in [-0.39, 0.29) is 5.13 Å². The minimum Gasteiger partial charge on any atom is -0.194 e. The van der Waals surface area contributed by atoms with Crippen LogP contribution in [0.4, 0.5) is 4.39 Å². The molecule has 84 valence electrons. The van der Waals surface area contributed by atoms with Crippen LogP contribution in [0, 0.1) is 5.13 Å². The lowest BCUT2D eigenvalue weighted by molar-refractivity contribution is 0.661. The summed E-state index contributed by atoms with van der Waals surface area (Å²) in [5.74, 6) is 0. The van der Waals surface area contributed by atoms with Gasteiger partial charge in [0.05, 0.1) is 0 Å². The van der Waals surface area contributed by atoms with Crippen LogP contribution in [0.2, 0.25) is 5.02 Å². The zero-order valence-electron chi connectivity index (χ0n) is 8.78. The third-order valence-electron chi connectivity index (χ3n) is 2.67. The lowest BCUT2D eigenvalue weighted by Crippen LogP contribution is -1.77. The molecule has 3 heteroatoms. The van der Waals surface area contributed by atoms with E-state index in [1.807, 2.05) is 42.5 Å². The number of benzene rings is 2. The molecule has 17 heavy (non-hydrogen) atoms. The molecule has 0 saturated heterocycles. The van der Waals surface area contributed by atoms with E-state index in [4.69, 9.17) is 11.6 Å². The number of hydrogen-bond acceptors (Lipinski definition) is 1. The molecular formula is C14H8ClFS. The molecule has 1 aromatic heterocycles. The summed E-state index contributed by atoms with van der Waals surface area (Å²) in [6, 6.07) is 15.0. The number of thiophene rings is 1. The van der Waals surface area contributed by atoms with Crippen molar-refractivity contribution in [3.05, 3.63) is 58.7 Å². The maximum atomic E-state index is 14.0. The van der Waals surface area contributed by atoms with E-state index >= 15 is 0 Å². The summed E-state index contributed by atoms with van der Waals surface area (Å²) in [6.07, 6.45) is 0. The monoisotopic (exact) mass is 262 g/mol. The Hall–Kier alpha value is -1.38. The van der Waals surface area contributed by atoms with E-state index in [2.05, 4.69) is 0 Å². The van der Waals surface area contributed by atoms with Gasteiger partial charge in [-0.3, -0.25) is 0 Å². The Morgan fingerprint density at radius 1 is 1.00 bits per heavy atom. The highest BCUT2D eigenvalue weighted by Crippen LogP contribution is 2.38. The highest BCUT2D eigenvalue weighted by atomic mass is 35.5. The summed E-state index contributed by atoms with van der Waals surface area (Å²) in [4.78, 5) is 0. The maximum absolute atomic E-state index is 14.0. The molecule has 0 bridgehead atoms. The minimum absolute atomic E-state index is 0.159. The molecule has 0 atom stereocenters. The Labute approximate surface area is 107 Å². The number of rotatable bonds is 1. The molecule has 3 aromatic rings.